The maximum atomic E-state index is 11.9. The minimum Gasteiger partial charge on any atom is -0.480 e. The first-order valence-corrected chi connectivity index (χ1v) is 7.09. The third kappa shape index (κ3) is 6.41. The molecule has 0 aromatic carbocycles. The molecule has 0 heterocycles. The molecule has 0 aliphatic heterocycles. The Bertz CT molecular complexity index is 261. The van der Waals surface area contributed by atoms with Crippen LogP contribution in [-0.4, -0.2) is 52.6 Å². The van der Waals surface area contributed by atoms with E-state index in [-0.39, 0.29) is 24.7 Å². The van der Waals surface area contributed by atoms with Crippen LogP contribution in [-0.2, 0) is 4.79 Å². The fourth-order valence-corrected chi connectivity index (χ4v) is 1.96. The summed E-state index contributed by atoms with van der Waals surface area (Å²) in [6, 6.07) is -0.339. The molecule has 100 valence electrons. The summed E-state index contributed by atoms with van der Waals surface area (Å²) in [5.74, 6) is -0.175. The molecule has 0 aliphatic rings. The van der Waals surface area contributed by atoms with Gasteiger partial charge in [0.15, 0.2) is 0 Å². The summed E-state index contributed by atoms with van der Waals surface area (Å²) in [5.41, 5.74) is 0. The summed E-state index contributed by atoms with van der Waals surface area (Å²) < 4.78 is 0. The van der Waals surface area contributed by atoms with E-state index in [1.165, 1.54) is 4.90 Å². The molecule has 0 aromatic rings. The number of hydrogen-bond donors (Lipinski definition) is 2. The standard InChI is InChI=1S/C11H22N2O3S/c1-5-9(3)13(6-10(14)15)11(16)12-8(2)7-17-4/h8-9H,5-7H2,1-4H3,(H,12,16)(H,14,15). The number of carbonyl (C=O) groups is 2. The minimum absolute atomic E-state index is 0.0397. The minimum atomic E-state index is -0.988. The van der Waals surface area contributed by atoms with Crippen LogP contribution in [0.2, 0.25) is 0 Å². The summed E-state index contributed by atoms with van der Waals surface area (Å²) in [4.78, 5) is 24.0. The van der Waals surface area contributed by atoms with E-state index in [4.69, 9.17) is 5.11 Å². The monoisotopic (exact) mass is 262 g/mol. The van der Waals surface area contributed by atoms with Gasteiger partial charge in [0, 0.05) is 17.8 Å². The maximum absolute atomic E-state index is 11.9. The van der Waals surface area contributed by atoms with Crippen molar-refractivity contribution in [1.29, 1.82) is 0 Å². The summed E-state index contributed by atoms with van der Waals surface area (Å²) >= 11 is 1.64. The molecule has 2 amide bonds. The van der Waals surface area contributed by atoms with Crippen molar-refractivity contribution in [2.75, 3.05) is 18.6 Å². The van der Waals surface area contributed by atoms with Crippen molar-refractivity contribution in [2.24, 2.45) is 0 Å². The van der Waals surface area contributed by atoms with Gasteiger partial charge in [-0.3, -0.25) is 4.79 Å². The predicted molar refractivity (Wildman–Crippen MR) is 70.5 cm³/mol. The van der Waals surface area contributed by atoms with Gasteiger partial charge in [0.25, 0.3) is 0 Å². The zero-order valence-electron chi connectivity index (χ0n) is 10.9. The number of nitrogens with one attached hydrogen (secondary N) is 1. The summed E-state index contributed by atoms with van der Waals surface area (Å²) in [6.07, 6.45) is 2.70. The van der Waals surface area contributed by atoms with Crippen LogP contribution in [0.15, 0.2) is 0 Å². The molecule has 0 spiro atoms. The zero-order valence-corrected chi connectivity index (χ0v) is 11.7. The quantitative estimate of drug-likeness (QED) is 0.731. The second-order valence-corrected chi connectivity index (χ2v) is 5.00. The van der Waals surface area contributed by atoms with Gasteiger partial charge in [-0.05, 0) is 26.5 Å². The molecule has 2 unspecified atom stereocenters. The lowest BCUT2D eigenvalue weighted by Crippen LogP contribution is -2.50. The van der Waals surface area contributed by atoms with Gasteiger partial charge in [0.1, 0.15) is 6.54 Å². The van der Waals surface area contributed by atoms with Gasteiger partial charge in [0.05, 0.1) is 0 Å². The van der Waals surface area contributed by atoms with Crippen LogP contribution in [0.3, 0.4) is 0 Å². The molecule has 6 heteroatoms. The third-order valence-electron chi connectivity index (χ3n) is 2.48. The Morgan fingerprint density at radius 2 is 2.00 bits per heavy atom. The maximum Gasteiger partial charge on any atom is 0.323 e. The predicted octanol–water partition coefficient (Wildman–Crippen LogP) is 1.63. The van der Waals surface area contributed by atoms with E-state index in [9.17, 15) is 9.59 Å². The van der Waals surface area contributed by atoms with E-state index in [2.05, 4.69) is 5.32 Å². The molecule has 0 radical (unpaired) electrons. The first-order valence-electron chi connectivity index (χ1n) is 5.70. The Hall–Kier alpha value is -0.910. The molecule has 2 N–H and O–H groups in total. The number of urea groups is 1. The van der Waals surface area contributed by atoms with Gasteiger partial charge < -0.3 is 15.3 Å². The van der Waals surface area contributed by atoms with Gasteiger partial charge in [-0.15, -0.1) is 0 Å². The van der Waals surface area contributed by atoms with Crippen LogP contribution in [0, 0.1) is 0 Å². The van der Waals surface area contributed by atoms with Gasteiger partial charge in [-0.2, -0.15) is 11.8 Å². The average molecular weight is 262 g/mol. The van der Waals surface area contributed by atoms with Crippen LogP contribution in [0.5, 0.6) is 0 Å². The molecule has 0 rings (SSSR count). The van der Waals surface area contributed by atoms with Crippen LogP contribution in [0.25, 0.3) is 0 Å². The van der Waals surface area contributed by atoms with Gasteiger partial charge in [-0.1, -0.05) is 6.92 Å². The van der Waals surface area contributed by atoms with Crippen molar-refractivity contribution in [3.05, 3.63) is 0 Å². The molecule has 17 heavy (non-hydrogen) atoms. The smallest absolute Gasteiger partial charge is 0.323 e. The fourth-order valence-electron chi connectivity index (χ4n) is 1.38. The highest BCUT2D eigenvalue weighted by Crippen LogP contribution is 2.05. The highest BCUT2D eigenvalue weighted by atomic mass is 32.2. The van der Waals surface area contributed by atoms with E-state index < -0.39 is 5.97 Å². The molecular formula is C11H22N2O3S. The van der Waals surface area contributed by atoms with Crippen molar-refractivity contribution in [3.63, 3.8) is 0 Å². The van der Waals surface area contributed by atoms with Crippen molar-refractivity contribution in [2.45, 2.75) is 39.3 Å². The van der Waals surface area contributed by atoms with Gasteiger partial charge in [0.2, 0.25) is 0 Å². The van der Waals surface area contributed by atoms with Crippen molar-refractivity contribution >= 4 is 23.8 Å². The lowest BCUT2D eigenvalue weighted by molar-refractivity contribution is -0.138. The Labute approximate surface area is 107 Å². The number of rotatable bonds is 7. The first-order chi connectivity index (χ1) is 7.92. The van der Waals surface area contributed by atoms with Crippen LogP contribution in [0.1, 0.15) is 27.2 Å². The summed E-state index contributed by atoms with van der Waals surface area (Å²) in [6.45, 7) is 5.43. The molecule has 0 saturated heterocycles. The molecule has 0 fully saturated rings. The van der Waals surface area contributed by atoms with Gasteiger partial charge in [-0.25, -0.2) is 4.79 Å². The zero-order chi connectivity index (χ0) is 13.4. The molecule has 2 atom stereocenters. The van der Waals surface area contributed by atoms with Crippen LogP contribution < -0.4 is 5.32 Å². The number of hydrogen-bond acceptors (Lipinski definition) is 3. The molecular weight excluding hydrogens is 240 g/mol. The Balaban J connectivity index is 4.46. The van der Waals surface area contributed by atoms with Crippen molar-refractivity contribution in [1.82, 2.24) is 10.2 Å². The topological polar surface area (TPSA) is 69.6 Å². The van der Waals surface area contributed by atoms with E-state index in [1.54, 1.807) is 11.8 Å². The molecule has 0 aliphatic carbocycles. The number of carbonyl (C=O) groups excluding carboxylic acids is 1. The Kier molecular flexibility index (Phi) is 7.78. The van der Waals surface area contributed by atoms with E-state index in [0.29, 0.717) is 0 Å². The number of amides is 2. The Morgan fingerprint density at radius 1 is 1.41 bits per heavy atom. The normalized spacial score (nSPS) is 13.9. The molecule has 0 bridgehead atoms. The number of nitrogens with zero attached hydrogens (tertiary/aromatic N) is 1. The van der Waals surface area contributed by atoms with Crippen LogP contribution in [0.4, 0.5) is 4.79 Å². The second kappa shape index (κ2) is 8.22. The van der Waals surface area contributed by atoms with Gasteiger partial charge >= 0.3 is 12.0 Å². The SMILES string of the molecule is CCC(C)N(CC(=O)O)C(=O)NC(C)CSC. The Morgan fingerprint density at radius 3 is 2.41 bits per heavy atom. The highest BCUT2D eigenvalue weighted by molar-refractivity contribution is 7.98. The molecule has 0 aromatic heterocycles. The van der Waals surface area contributed by atoms with Crippen molar-refractivity contribution in [3.8, 4) is 0 Å². The van der Waals surface area contributed by atoms with Crippen LogP contribution >= 0.6 is 11.8 Å². The van der Waals surface area contributed by atoms with E-state index in [1.807, 2.05) is 27.0 Å². The fraction of sp³-hybridized carbons (Fsp3) is 0.818. The second-order valence-electron chi connectivity index (χ2n) is 4.08. The highest BCUT2D eigenvalue weighted by Gasteiger charge is 2.22. The molecule has 0 saturated carbocycles. The number of aliphatic carboxylic acids is 1. The lowest BCUT2D eigenvalue weighted by Gasteiger charge is -2.28. The van der Waals surface area contributed by atoms with E-state index >= 15 is 0 Å². The summed E-state index contributed by atoms with van der Waals surface area (Å²) in [7, 11) is 0. The molecule has 5 nitrogen and oxygen atoms in total. The largest absolute Gasteiger partial charge is 0.480 e. The summed E-state index contributed by atoms with van der Waals surface area (Å²) in [5, 5.41) is 11.6. The average Bonchev–Trinajstić information content (AvgIpc) is 2.24. The first kappa shape index (κ1) is 16.1. The number of carboxylic acid groups (broad SMARTS) is 1. The third-order valence-corrected chi connectivity index (χ3v) is 3.31. The van der Waals surface area contributed by atoms with E-state index in [0.717, 1.165) is 12.2 Å². The number of carboxylic acids is 1. The lowest BCUT2D eigenvalue weighted by atomic mass is 10.2. The number of thioether (sulfide) groups is 1. The van der Waals surface area contributed by atoms with Crippen molar-refractivity contribution < 1.29 is 14.7 Å².